The summed E-state index contributed by atoms with van der Waals surface area (Å²) in [4.78, 5) is 1.87. The molecule has 0 radical (unpaired) electrons. The maximum Gasteiger partial charge on any atom is 0.416 e. The van der Waals surface area contributed by atoms with Crippen molar-refractivity contribution in [3.63, 3.8) is 0 Å². The molecule has 0 aliphatic rings. The summed E-state index contributed by atoms with van der Waals surface area (Å²) in [6.07, 6.45) is -3.49. The molecule has 1 aromatic carbocycles. The number of hydrogen-bond donors (Lipinski definition) is 0. The minimum Gasteiger partial charge on any atom is -0.302 e. The Hall–Kier alpha value is -1.29. The van der Waals surface area contributed by atoms with Gasteiger partial charge in [-0.05, 0) is 32.0 Å². The molecule has 1 rings (SSSR count). The van der Waals surface area contributed by atoms with E-state index in [2.05, 4.69) is 6.58 Å². The van der Waals surface area contributed by atoms with Crippen LogP contribution in [0, 0.1) is 0 Å². The van der Waals surface area contributed by atoms with Crippen LogP contribution in [0.15, 0.2) is 36.4 Å². The first kappa shape index (κ1) is 14.8. The van der Waals surface area contributed by atoms with Gasteiger partial charge < -0.3 is 4.90 Å². The molecule has 1 aromatic rings. The number of benzene rings is 1. The van der Waals surface area contributed by atoms with Gasteiger partial charge in [-0.25, -0.2) is 0 Å². The second-order valence-electron chi connectivity index (χ2n) is 4.60. The summed E-state index contributed by atoms with van der Waals surface area (Å²) in [6.45, 7) is 6.70. The Bertz CT molecular complexity index is 410. The minimum absolute atomic E-state index is 0.295. The van der Waals surface area contributed by atoms with Gasteiger partial charge in [-0.1, -0.05) is 23.8 Å². The zero-order chi connectivity index (χ0) is 13.8. The van der Waals surface area contributed by atoms with Crippen molar-refractivity contribution in [3.05, 3.63) is 47.5 Å². The Morgan fingerprint density at radius 1 is 1.28 bits per heavy atom. The Balaban J connectivity index is 2.75. The molecule has 100 valence electrons. The Morgan fingerprint density at radius 3 is 2.44 bits per heavy atom. The molecular weight excluding hydrogens is 239 g/mol. The summed E-state index contributed by atoms with van der Waals surface area (Å²) < 4.78 is 38.3. The predicted octanol–water partition coefficient (Wildman–Crippen LogP) is 4.10. The van der Waals surface area contributed by atoms with Crippen LogP contribution in [0.25, 0.3) is 0 Å². The molecule has 0 aliphatic carbocycles. The lowest BCUT2D eigenvalue weighted by molar-refractivity contribution is -0.138. The Kier molecular flexibility index (Phi) is 4.96. The first-order valence-corrected chi connectivity index (χ1v) is 5.78. The largest absolute Gasteiger partial charge is 0.416 e. The van der Waals surface area contributed by atoms with Gasteiger partial charge >= 0.3 is 6.18 Å². The number of hydrogen-bond acceptors (Lipinski definition) is 1. The maximum atomic E-state index is 12.8. The molecule has 0 heterocycles. The smallest absolute Gasteiger partial charge is 0.302 e. The lowest BCUT2D eigenvalue weighted by Crippen LogP contribution is -2.21. The van der Waals surface area contributed by atoms with E-state index in [0.717, 1.165) is 18.1 Å². The van der Waals surface area contributed by atoms with E-state index >= 15 is 0 Å². The number of alkyl halides is 3. The molecule has 0 unspecified atom stereocenters. The first-order valence-electron chi connectivity index (χ1n) is 5.78. The van der Waals surface area contributed by atoms with Gasteiger partial charge in [-0.15, -0.1) is 6.58 Å². The van der Waals surface area contributed by atoms with Crippen LogP contribution in [-0.2, 0) is 12.7 Å². The summed E-state index contributed by atoms with van der Waals surface area (Å²) >= 11 is 0. The van der Waals surface area contributed by atoms with Gasteiger partial charge in [-0.2, -0.15) is 13.2 Å². The van der Waals surface area contributed by atoms with Crippen LogP contribution in [0.3, 0.4) is 0 Å². The predicted molar refractivity (Wildman–Crippen MR) is 67.2 cm³/mol. The van der Waals surface area contributed by atoms with E-state index in [1.807, 2.05) is 18.9 Å². The third-order valence-electron chi connectivity index (χ3n) is 2.68. The molecule has 0 atom stereocenters. The molecule has 0 fully saturated rings. The van der Waals surface area contributed by atoms with Crippen molar-refractivity contribution in [1.29, 1.82) is 0 Å². The molecule has 0 amide bonds. The van der Waals surface area contributed by atoms with Crippen molar-refractivity contribution in [2.75, 3.05) is 13.6 Å². The summed E-state index contributed by atoms with van der Waals surface area (Å²) in [5.41, 5.74) is 0.798. The monoisotopic (exact) mass is 257 g/mol. The van der Waals surface area contributed by atoms with Gasteiger partial charge in [0, 0.05) is 13.1 Å². The molecule has 0 bridgehead atoms. The maximum absolute atomic E-state index is 12.8. The van der Waals surface area contributed by atoms with Crippen molar-refractivity contribution in [2.45, 2.75) is 26.1 Å². The second-order valence-corrected chi connectivity index (χ2v) is 4.60. The molecular formula is C14H18F3N. The van der Waals surface area contributed by atoms with Crippen molar-refractivity contribution < 1.29 is 13.2 Å². The van der Waals surface area contributed by atoms with Crippen molar-refractivity contribution in [3.8, 4) is 0 Å². The highest BCUT2D eigenvalue weighted by atomic mass is 19.4. The van der Waals surface area contributed by atoms with E-state index in [1.165, 1.54) is 12.1 Å². The molecule has 0 aromatic heterocycles. The standard InChI is InChI=1S/C14H18F3N/c1-11(2)8-9-18(3)10-12-6-4-5-7-13(12)14(15,16)17/h4-7H,1,8-10H2,2-3H3. The Labute approximate surface area is 106 Å². The van der Waals surface area contributed by atoms with Gasteiger partial charge in [0.25, 0.3) is 0 Å². The molecule has 0 aliphatic heterocycles. The first-order chi connectivity index (χ1) is 8.30. The van der Waals surface area contributed by atoms with Crippen molar-refractivity contribution in [2.24, 2.45) is 0 Å². The highest BCUT2D eigenvalue weighted by molar-refractivity contribution is 5.29. The third kappa shape index (κ3) is 4.53. The van der Waals surface area contributed by atoms with Crippen LogP contribution in [-0.4, -0.2) is 18.5 Å². The number of halogens is 3. The van der Waals surface area contributed by atoms with E-state index in [1.54, 1.807) is 6.07 Å². The zero-order valence-electron chi connectivity index (χ0n) is 10.7. The van der Waals surface area contributed by atoms with E-state index in [9.17, 15) is 13.2 Å². The molecule has 0 spiro atoms. The molecule has 1 nitrogen and oxygen atoms in total. The van der Waals surface area contributed by atoms with Crippen LogP contribution in [0.4, 0.5) is 13.2 Å². The van der Waals surface area contributed by atoms with Gasteiger partial charge in [-0.3, -0.25) is 0 Å². The quantitative estimate of drug-likeness (QED) is 0.718. The van der Waals surface area contributed by atoms with Crippen LogP contribution >= 0.6 is 0 Å². The summed E-state index contributed by atoms with van der Waals surface area (Å²) in [7, 11) is 1.82. The van der Waals surface area contributed by atoms with Gasteiger partial charge in [0.15, 0.2) is 0 Å². The average Bonchev–Trinajstić information content (AvgIpc) is 2.25. The molecule has 18 heavy (non-hydrogen) atoms. The van der Waals surface area contributed by atoms with E-state index in [0.29, 0.717) is 18.7 Å². The van der Waals surface area contributed by atoms with Crippen LogP contribution < -0.4 is 0 Å². The number of nitrogens with zero attached hydrogens (tertiary/aromatic N) is 1. The van der Waals surface area contributed by atoms with Crippen LogP contribution in [0.1, 0.15) is 24.5 Å². The summed E-state index contributed by atoms with van der Waals surface area (Å²) in [6, 6.07) is 5.71. The molecule has 0 saturated heterocycles. The SMILES string of the molecule is C=C(C)CCN(C)Cc1ccccc1C(F)(F)F. The fourth-order valence-electron chi connectivity index (χ4n) is 1.69. The normalized spacial score (nSPS) is 11.9. The van der Waals surface area contributed by atoms with Crippen molar-refractivity contribution >= 4 is 0 Å². The third-order valence-corrected chi connectivity index (χ3v) is 2.68. The van der Waals surface area contributed by atoms with Gasteiger partial charge in [0.2, 0.25) is 0 Å². The Morgan fingerprint density at radius 2 is 1.89 bits per heavy atom. The fourth-order valence-corrected chi connectivity index (χ4v) is 1.69. The lowest BCUT2D eigenvalue weighted by atomic mass is 10.1. The summed E-state index contributed by atoms with van der Waals surface area (Å²) in [5, 5.41) is 0. The molecule has 4 heteroatoms. The van der Waals surface area contributed by atoms with E-state index in [4.69, 9.17) is 0 Å². The topological polar surface area (TPSA) is 3.24 Å². The minimum atomic E-state index is -4.29. The lowest BCUT2D eigenvalue weighted by Gasteiger charge is -2.19. The highest BCUT2D eigenvalue weighted by Crippen LogP contribution is 2.32. The number of rotatable bonds is 5. The van der Waals surface area contributed by atoms with Crippen molar-refractivity contribution in [1.82, 2.24) is 4.90 Å². The van der Waals surface area contributed by atoms with Gasteiger partial charge in [0.1, 0.15) is 0 Å². The second kappa shape index (κ2) is 6.05. The zero-order valence-corrected chi connectivity index (χ0v) is 10.7. The highest BCUT2D eigenvalue weighted by Gasteiger charge is 2.32. The molecule has 0 saturated carbocycles. The van der Waals surface area contributed by atoms with E-state index < -0.39 is 11.7 Å². The molecule has 0 N–H and O–H groups in total. The van der Waals surface area contributed by atoms with Crippen LogP contribution in [0.2, 0.25) is 0 Å². The fraction of sp³-hybridized carbons (Fsp3) is 0.429. The van der Waals surface area contributed by atoms with Gasteiger partial charge in [0.05, 0.1) is 5.56 Å². The summed E-state index contributed by atoms with van der Waals surface area (Å²) in [5.74, 6) is 0. The van der Waals surface area contributed by atoms with E-state index in [-0.39, 0.29) is 0 Å². The average molecular weight is 257 g/mol. The van der Waals surface area contributed by atoms with Crippen LogP contribution in [0.5, 0.6) is 0 Å².